The van der Waals surface area contributed by atoms with Crippen molar-refractivity contribution in [1.82, 2.24) is 15.2 Å². The molecule has 2 amide bonds. The number of aliphatic hydroxyl groups is 3. The molecule has 31 heavy (non-hydrogen) atoms. The van der Waals surface area contributed by atoms with Gasteiger partial charge in [0, 0.05) is 13.1 Å². The number of likely N-dealkylation sites (tertiary alicyclic amines) is 1. The molecule has 1 aliphatic rings. The molecule has 1 aliphatic heterocycles. The van der Waals surface area contributed by atoms with Gasteiger partial charge in [-0.3, -0.25) is 9.59 Å². The third kappa shape index (κ3) is 4.76. The number of H-pyrrole nitrogens is 1. The number of carbonyl (C=O) groups is 2. The van der Waals surface area contributed by atoms with Gasteiger partial charge >= 0.3 is 0 Å². The Labute approximate surface area is 187 Å². The summed E-state index contributed by atoms with van der Waals surface area (Å²) in [6.07, 6.45) is -3.44. The molecule has 1 aromatic carbocycles. The van der Waals surface area contributed by atoms with Crippen molar-refractivity contribution >= 4 is 45.0 Å². The monoisotopic (exact) mass is 463 g/mol. The molecular weight excluding hydrogens is 442 g/mol. The lowest BCUT2D eigenvalue weighted by Gasteiger charge is -2.27. The average molecular weight is 464 g/mol. The molecule has 4 atom stereocenters. The molecular formula is C21H22ClN3O5S. The Morgan fingerprint density at radius 2 is 1.87 bits per heavy atom. The van der Waals surface area contributed by atoms with Gasteiger partial charge < -0.3 is 30.5 Å². The third-order valence-corrected chi connectivity index (χ3v) is 6.55. The fraction of sp³-hybridized carbons (Fsp3) is 0.333. The van der Waals surface area contributed by atoms with E-state index < -0.39 is 36.2 Å². The molecule has 0 saturated carbocycles. The Balaban J connectivity index is 1.53. The Kier molecular flexibility index (Phi) is 6.31. The largest absolute Gasteiger partial charge is 0.388 e. The van der Waals surface area contributed by atoms with E-state index in [4.69, 9.17) is 11.6 Å². The van der Waals surface area contributed by atoms with E-state index in [2.05, 4.69) is 10.3 Å². The Morgan fingerprint density at radius 1 is 1.19 bits per heavy atom. The molecule has 0 spiro atoms. The van der Waals surface area contributed by atoms with Gasteiger partial charge in [-0.25, -0.2) is 0 Å². The van der Waals surface area contributed by atoms with Crippen LogP contribution in [0.2, 0.25) is 4.34 Å². The van der Waals surface area contributed by atoms with Crippen molar-refractivity contribution in [3.05, 3.63) is 58.1 Å². The SMILES string of the molecule is O=C(N[C@@H](Cc1ccccc1)C(O)C(=O)N1C[C@@H](O)[C@@H](O)C1)c1cc2sc(Cl)cc2[nH]1. The average Bonchev–Trinajstić information content (AvgIpc) is 3.40. The molecule has 0 radical (unpaired) electrons. The smallest absolute Gasteiger partial charge is 0.268 e. The molecule has 1 fully saturated rings. The van der Waals surface area contributed by atoms with Gasteiger partial charge in [-0.05, 0) is 24.1 Å². The number of benzene rings is 1. The maximum absolute atomic E-state index is 12.9. The highest BCUT2D eigenvalue weighted by molar-refractivity contribution is 7.22. The van der Waals surface area contributed by atoms with Crippen molar-refractivity contribution in [3.8, 4) is 0 Å². The van der Waals surface area contributed by atoms with E-state index in [-0.39, 0.29) is 19.5 Å². The number of aromatic amines is 1. The Morgan fingerprint density at radius 3 is 2.52 bits per heavy atom. The van der Waals surface area contributed by atoms with Gasteiger partial charge in [0.05, 0.1) is 32.8 Å². The van der Waals surface area contributed by atoms with E-state index in [1.807, 2.05) is 30.3 Å². The molecule has 0 aliphatic carbocycles. The van der Waals surface area contributed by atoms with Crippen molar-refractivity contribution in [2.45, 2.75) is 30.8 Å². The van der Waals surface area contributed by atoms with E-state index >= 15 is 0 Å². The van der Waals surface area contributed by atoms with Gasteiger partial charge in [0.2, 0.25) is 0 Å². The number of amides is 2. The summed E-state index contributed by atoms with van der Waals surface area (Å²) in [5, 5.41) is 33.0. The molecule has 3 heterocycles. The molecule has 2 aromatic heterocycles. The van der Waals surface area contributed by atoms with E-state index in [1.54, 1.807) is 12.1 Å². The van der Waals surface area contributed by atoms with Gasteiger partial charge in [0.1, 0.15) is 5.69 Å². The van der Waals surface area contributed by atoms with Crippen LogP contribution in [0.15, 0.2) is 42.5 Å². The summed E-state index contributed by atoms with van der Waals surface area (Å²) in [5.74, 6) is -1.12. The minimum absolute atomic E-state index is 0.0727. The highest BCUT2D eigenvalue weighted by atomic mass is 35.5. The number of nitrogens with zero attached hydrogens (tertiary/aromatic N) is 1. The van der Waals surface area contributed by atoms with Crippen LogP contribution in [0.4, 0.5) is 0 Å². The number of hydrogen-bond acceptors (Lipinski definition) is 6. The van der Waals surface area contributed by atoms with Crippen LogP contribution in [0.3, 0.4) is 0 Å². The lowest BCUT2D eigenvalue weighted by atomic mass is 10.00. The first-order chi connectivity index (χ1) is 14.8. The summed E-state index contributed by atoms with van der Waals surface area (Å²) in [4.78, 5) is 29.9. The number of rotatable bonds is 6. The highest BCUT2D eigenvalue weighted by Gasteiger charge is 2.38. The van der Waals surface area contributed by atoms with Crippen molar-refractivity contribution < 1.29 is 24.9 Å². The van der Waals surface area contributed by atoms with Crippen LogP contribution < -0.4 is 5.32 Å². The standard InChI is InChI=1S/C21H22ClN3O5S/c22-18-8-12-17(31-18)7-14(23-12)20(29)24-13(6-11-4-2-1-3-5-11)19(28)21(30)25-9-15(26)16(27)10-25/h1-5,7-8,13,15-16,19,23,26-28H,6,9-10H2,(H,24,29)/t13-,15-,16+,19?/m0/s1. The predicted octanol–water partition coefficient (Wildman–Crippen LogP) is 1.15. The maximum atomic E-state index is 12.9. The number of nitrogens with one attached hydrogen (secondary N) is 2. The normalized spacial score (nSPS) is 20.7. The number of aliphatic hydroxyl groups excluding tert-OH is 3. The zero-order valence-electron chi connectivity index (χ0n) is 16.4. The minimum Gasteiger partial charge on any atom is -0.388 e. The number of carbonyl (C=O) groups excluding carboxylic acids is 2. The molecule has 4 rings (SSSR count). The molecule has 3 aromatic rings. The first-order valence-electron chi connectivity index (χ1n) is 9.77. The highest BCUT2D eigenvalue weighted by Crippen LogP contribution is 2.29. The van der Waals surface area contributed by atoms with Crippen molar-refractivity contribution in [1.29, 1.82) is 0 Å². The molecule has 1 unspecified atom stereocenters. The van der Waals surface area contributed by atoms with Crippen LogP contribution >= 0.6 is 22.9 Å². The topological polar surface area (TPSA) is 126 Å². The quantitative estimate of drug-likeness (QED) is 0.375. The first-order valence-corrected chi connectivity index (χ1v) is 11.0. The van der Waals surface area contributed by atoms with Gasteiger partial charge in [0.25, 0.3) is 11.8 Å². The fourth-order valence-electron chi connectivity index (χ4n) is 3.68. The molecule has 1 saturated heterocycles. The summed E-state index contributed by atoms with van der Waals surface area (Å²) >= 11 is 7.31. The second-order valence-electron chi connectivity index (χ2n) is 7.60. The van der Waals surface area contributed by atoms with E-state index in [0.29, 0.717) is 10.0 Å². The van der Waals surface area contributed by atoms with E-state index in [1.165, 1.54) is 16.2 Å². The van der Waals surface area contributed by atoms with Gasteiger partial charge in [-0.15, -0.1) is 11.3 Å². The number of hydrogen-bond donors (Lipinski definition) is 5. The summed E-state index contributed by atoms with van der Waals surface area (Å²) in [6, 6.07) is 11.7. The zero-order valence-corrected chi connectivity index (χ0v) is 17.9. The van der Waals surface area contributed by atoms with Crippen LogP contribution in [0, 0.1) is 0 Å². The van der Waals surface area contributed by atoms with Crippen LogP contribution in [0.25, 0.3) is 10.2 Å². The minimum atomic E-state index is -1.55. The summed E-state index contributed by atoms with van der Waals surface area (Å²) < 4.78 is 1.43. The molecule has 164 valence electrons. The van der Waals surface area contributed by atoms with Crippen molar-refractivity contribution in [2.75, 3.05) is 13.1 Å². The lowest BCUT2D eigenvalue weighted by molar-refractivity contribution is -0.141. The van der Waals surface area contributed by atoms with E-state index in [9.17, 15) is 24.9 Å². The first kappa shape index (κ1) is 21.8. The van der Waals surface area contributed by atoms with Crippen LogP contribution in [-0.2, 0) is 11.2 Å². The predicted molar refractivity (Wildman–Crippen MR) is 117 cm³/mol. The molecule has 10 heteroatoms. The molecule has 0 bridgehead atoms. The zero-order chi connectivity index (χ0) is 22.1. The number of β-amino-alcohol motifs (C(OH)–C–C–N with tert-alkyl or cyclic N) is 2. The van der Waals surface area contributed by atoms with Crippen molar-refractivity contribution in [3.63, 3.8) is 0 Å². The number of fused-ring (bicyclic) bond motifs is 1. The van der Waals surface area contributed by atoms with E-state index in [0.717, 1.165) is 15.8 Å². The van der Waals surface area contributed by atoms with Gasteiger partial charge in [-0.2, -0.15) is 0 Å². The van der Waals surface area contributed by atoms with Gasteiger partial charge in [-0.1, -0.05) is 41.9 Å². The van der Waals surface area contributed by atoms with Crippen LogP contribution in [0.1, 0.15) is 16.1 Å². The molecule has 5 N–H and O–H groups in total. The third-order valence-electron chi connectivity index (χ3n) is 5.34. The summed E-state index contributed by atoms with van der Waals surface area (Å²) in [7, 11) is 0. The second kappa shape index (κ2) is 8.97. The fourth-order valence-corrected chi connectivity index (χ4v) is 4.82. The lowest BCUT2D eigenvalue weighted by Crippen LogP contribution is -2.52. The van der Waals surface area contributed by atoms with Crippen LogP contribution in [-0.4, -0.2) is 74.5 Å². The van der Waals surface area contributed by atoms with Crippen molar-refractivity contribution in [2.24, 2.45) is 0 Å². The van der Waals surface area contributed by atoms with Crippen LogP contribution in [0.5, 0.6) is 0 Å². The van der Waals surface area contributed by atoms with Gasteiger partial charge in [0.15, 0.2) is 6.10 Å². The summed E-state index contributed by atoms with van der Waals surface area (Å²) in [5.41, 5.74) is 1.86. The Bertz CT molecular complexity index is 1040. The second-order valence-corrected chi connectivity index (χ2v) is 9.32. The Hall–Kier alpha value is -2.43. The molecule has 8 nitrogen and oxygen atoms in total. The number of halogens is 1. The maximum Gasteiger partial charge on any atom is 0.268 e. The number of thiophene rings is 1. The summed E-state index contributed by atoms with van der Waals surface area (Å²) in [6.45, 7) is -0.145. The number of aromatic nitrogens is 1.